The summed E-state index contributed by atoms with van der Waals surface area (Å²) in [4.78, 5) is 11.3. The first-order valence-corrected chi connectivity index (χ1v) is 14.9. The molecule has 13 heteroatoms. The van der Waals surface area contributed by atoms with Crippen molar-refractivity contribution in [3.05, 3.63) is 88.2 Å². The van der Waals surface area contributed by atoms with E-state index in [1.807, 2.05) is 16.9 Å². The molecule has 5 aromatic rings. The average Bonchev–Trinajstić information content (AvgIpc) is 3.71. The molecule has 0 radical (unpaired) electrons. The molecule has 1 fully saturated rings. The number of benzene rings is 2. The molecular formula is C31H30Cl2FN9O. The summed E-state index contributed by atoms with van der Waals surface area (Å²) in [5.41, 5.74) is 3.75. The third-order valence-electron chi connectivity index (χ3n) is 7.90. The minimum atomic E-state index is -0.543. The molecule has 0 amide bonds. The van der Waals surface area contributed by atoms with E-state index in [9.17, 15) is 9.65 Å². The van der Waals surface area contributed by atoms with Gasteiger partial charge in [-0.1, -0.05) is 28.4 Å². The Balaban J connectivity index is 1.33. The Labute approximate surface area is 263 Å². The van der Waals surface area contributed by atoms with Crippen molar-refractivity contribution >= 4 is 51.2 Å². The number of pyridine rings is 1. The van der Waals surface area contributed by atoms with Gasteiger partial charge in [-0.05, 0) is 63.9 Å². The summed E-state index contributed by atoms with van der Waals surface area (Å²) < 4.78 is 21.1. The molecule has 2 aromatic carbocycles. The Morgan fingerprint density at radius 1 is 1.07 bits per heavy atom. The van der Waals surface area contributed by atoms with Crippen LogP contribution >= 0.6 is 23.2 Å². The highest BCUT2D eigenvalue weighted by atomic mass is 35.5. The smallest absolute Gasteiger partial charge is 0.180 e. The first kappa shape index (κ1) is 29.8. The maximum atomic E-state index is 13.8. The van der Waals surface area contributed by atoms with E-state index >= 15 is 0 Å². The topological polar surface area (TPSA) is 121 Å². The van der Waals surface area contributed by atoms with Gasteiger partial charge in [0.1, 0.15) is 35.6 Å². The van der Waals surface area contributed by atoms with Crippen molar-refractivity contribution in [1.29, 1.82) is 5.26 Å². The van der Waals surface area contributed by atoms with Crippen LogP contribution in [0.5, 0.6) is 0 Å². The van der Waals surface area contributed by atoms with Crippen molar-refractivity contribution in [2.24, 2.45) is 0 Å². The van der Waals surface area contributed by atoms with E-state index in [-0.39, 0.29) is 22.2 Å². The number of hydrogen-bond donors (Lipinski definition) is 2. The van der Waals surface area contributed by atoms with Crippen LogP contribution < -0.4 is 10.6 Å². The number of fused-ring (bicyclic) bond motifs is 1. The Hall–Kier alpha value is -4.24. The maximum Gasteiger partial charge on any atom is 0.180 e. The van der Waals surface area contributed by atoms with Crippen molar-refractivity contribution in [2.75, 3.05) is 23.7 Å². The van der Waals surface area contributed by atoms with Crippen LogP contribution in [0.25, 0.3) is 10.9 Å². The highest BCUT2D eigenvalue weighted by Gasteiger charge is 2.29. The van der Waals surface area contributed by atoms with Gasteiger partial charge in [0.05, 0.1) is 39.1 Å². The number of likely N-dealkylation sites (tertiary alicyclic amines) is 1. The third-order valence-corrected chi connectivity index (χ3v) is 8.48. The lowest BCUT2D eigenvalue weighted by atomic mass is 9.98. The van der Waals surface area contributed by atoms with Gasteiger partial charge in [0.15, 0.2) is 6.39 Å². The molecule has 6 rings (SSSR count). The molecule has 1 aliphatic rings. The highest BCUT2D eigenvalue weighted by molar-refractivity contribution is 6.36. The summed E-state index contributed by atoms with van der Waals surface area (Å²) >= 11 is 12.7. The van der Waals surface area contributed by atoms with Gasteiger partial charge in [-0.3, -0.25) is 9.88 Å². The summed E-state index contributed by atoms with van der Waals surface area (Å²) in [6, 6.07) is 9.72. The Morgan fingerprint density at radius 3 is 2.52 bits per heavy atom. The second kappa shape index (κ2) is 12.0. The number of anilines is 3. The zero-order valence-corrected chi connectivity index (χ0v) is 25.9. The van der Waals surface area contributed by atoms with Gasteiger partial charge in [0, 0.05) is 41.6 Å². The zero-order chi connectivity index (χ0) is 31.0. The van der Waals surface area contributed by atoms with Gasteiger partial charge in [-0.25, -0.2) is 14.1 Å². The molecular weight excluding hydrogens is 604 g/mol. The lowest BCUT2D eigenvalue weighted by Gasteiger charge is -2.40. The molecule has 1 saturated heterocycles. The summed E-state index contributed by atoms with van der Waals surface area (Å²) in [6.45, 7) is 8.69. The fraction of sp³-hybridized carbons (Fsp3) is 0.323. The van der Waals surface area contributed by atoms with Crippen LogP contribution in [0.4, 0.5) is 21.5 Å². The van der Waals surface area contributed by atoms with Gasteiger partial charge < -0.3 is 15.1 Å². The molecule has 0 spiro atoms. The molecule has 2 N–H and O–H groups in total. The summed E-state index contributed by atoms with van der Waals surface area (Å²) in [7, 11) is 0. The standard InChI is InChI=1S/C31H30Cl2FN9O/c1-31(2,3)42-8-6-21(7-9-42)43-15-26(40-41-43)30(27-16-44-17-37-27)39-20-10-22-28(38-19-4-5-25(34)23(32)11-19)18(13-35)14-36-29(22)24(33)12-20/h4-5,10-12,14-17,21,30,39H,6-9H2,1-3H3,(H,36,38)/t30-/m1/s1. The largest absolute Gasteiger partial charge is 0.451 e. The summed E-state index contributed by atoms with van der Waals surface area (Å²) in [6.07, 6.45) is 8.27. The first-order valence-electron chi connectivity index (χ1n) is 14.2. The van der Waals surface area contributed by atoms with Crippen LogP contribution in [0.15, 0.2) is 59.8 Å². The number of nitriles is 1. The van der Waals surface area contributed by atoms with Crippen LogP contribution in [0.2, 0.25) is 10.0 Å². The summed E-state index contributed by atoms with van der Waals surface area (Å²) in [5, 5.41) is 26.5. The van der Waals surface area contributed by atoms with E-state index in [1.54, 1.807) is 12.3 Å². The Bertz CT molecular complexity index is 1840. The number of halogens is 3. The van der Waals surface area contributed by atoms with Crippen molar-refractivity contribution in [1.82, 2.24) is 29.9 Å². The number of nitrogens with one attached hydrogen (secondary N) is 2. The van der Waals surface area contributed by atoms with E-state index in [0.717, 1.165) is 25.9 Å². The SMILES string of the molecule is CC(C)(C)N1CCC(n2cc([C@@H](Nc3cc(Cl)c4ncc(C#N)c(Nc5ccc(F)c(Cl)c5)c4c3)c3cocn3)nn2)CC1. The van der Waals surface area contributed by atoms with Gasteiger partial charge >= 0.3 is 0 Å². The molecule has 0 saturated carbocycles. The van der Waals surface area contributed by atoms with Crippen LogP contribution in [-0.4, -0.2) is 48.5 Å². The molecule has 0 bridgehead atoms. The number of piperidine rings is 1. The van der Waals surface area contributed by atoms with E-state index in [4.69, 9.17) is 27.6 Å². The second-order valence-corrected chi connectivity index (χ2v) is 12.6. The molecule has 0 unspecified atom stereocenters. The van der Waals surface area contributed by atoms with Gasteiger partial charge in [0.2, 0.25) is 0 Å². The van der Waals surface area contributed by atoms with Crippen LogP contribution in [0.1, 0.15) is 62.6 Å². The number of aromatic nitrogens is 5. The van der Waals surface area contributed by atoms with E-state index in [2.05, 4.69) is 62.7 Å². The minimum absolute atomic E-state index is 0.0458. The maximum absolute atomic E-state index is 13.8. The van der Waals surface area contributed by atoms with Gasteiger partial charge in [-0.2, -0.15) is 5.26 Å². The van der Waals surface area contributed by atoms with Crippen molar-refractivity contribution < 1.29 is 8.81 Å². The molecule has 1 aliphatic heterocycles. The van der Waals surface area contributed by atoms with Gasteiger partial charge in [-0.15, -0.1) is 5.10 Å². The van der Waals surface area contributed by atoms with Crippen molar-refractivity contribution in [3.8, 4) is 6.07 Å². The zero-order valence-electron chi connectivity index (χ0n) is 24.4. The van der Waals surface area contributed by atoms with Crippen molar-refractivity contribution in [2.45, 2.75) is 51.2 Å². The number of rotatable bonds is 7. The predicted octanol–water partition coefficient (Wildman–Crippen LogP) is 7.51. The fourth-order valence-corrected chi connectivity index (χ4v) is 5.96. The van der Waals surface area contributed by atoms with Crippen LogP contribution in [0, 0.1) is 17.1 Å². The van der Waals surface area contributed by atoms with Crippen LogP contribution in [-0.2, 0) is 0 Å². The van der Waals surface area contributed by atoms with E-state index in [1.165, 1.54) is 30.8 Å². The Morgan fingerprint density at radius 2 is 1.84 bits per heavy atom. The molecule has 226 valence electrons. The first-order chi connectivity index (χ1) is 21.1. The fourth-order valence-electron chi connectivity index (χ4n) is 5.51. The third kappa shape index (κ3) is 6.06. The highest BCUT2D eigenvalue weighted by Crippen LogP contribution is 2.37. The monoisotopic (exact) mass is 633 g/mol. The van der Waals surface area contributed by atoms with Crippen molar-refractivity contribution in [3.63, 3.8) is 0 Å². The second-order valence-electron chi connectivity index (χ2n) is 11.8. The molecule has 1 atom stereocenters. The quantitative estimate of drug-likeness (QED) is 0.187. The average molecular weight is 635 g/mol. The van der Waals surface area contributed by atoms with E-state index in [0.29, 0.717) is 44.4 Å². The number of oxazole rings is 1. The number of hydrogen-bond acceptors (Lipinski definition) is 9. The predicted molar refractivity (Wildman–Crippen MR) is 168 cm³/mol. The molecule has 4 heterocycles. The Kier molecular flexibility index (Phi) is 8.16. The van der Waals surface area contributed by atoms with Crippen LogP contribution in [0.3, 0.4) is 0 Å². The number of nitrogens with zero attached hydrogens (tertiary/aromatic N) is 7. The molecule has 0 aliphatic carbocycles. The minimum Gasteiger partial charge on any atom is -0.451 e. The molecule has 44 heavy (non-hydrogen) atoms. The lowest BCUT2D eigenvalue weighted by Crippen LogP contribution is -2.46. The van der Waals surface area contributed by atoms with Gasteiger partial charge in [0.25, 0.3) is 0 Å². The summed E-state index contributed by atoms with van der Waals surface area (Å²) in [5.74, 6) is -0.543. The lowest BCUT2D eigenvalue weighted by molar-refractivity contribution is 0.0866. The van der Waals surface area contributed by atoms with E-state index < -0.39 is 11.9 Å². The normalized spacial score (nSPS) is 15.3. The molecule has 10 nitrogen and oxygen atoms in total. The molecule has 3 aromatic heterocycles.